The summed E-state index contributed by atoms with van der Waals surface area (Å²) in [5.41, 5.74) is -0.0280. The zero-order valence-electron chi connectivity index (χ0n) is 10.5. The molecule has 1 heterocycles. The van der Waals surface area contributed by atoms with Gasteiger partial charge in [0.25, 0.3) is 5.56 Å². The van der Waals surface area contributed by atoms with Gasteiger partial charge in [-0.3, -0.25) is 4.79 Å². The molecule has 0 spiro atoms. The Morgan fingerprint density at radius 3 is 2.94 bits per heavy atom. The molecule has 1 aromatic heterocycles. The summed E-state index contributed by atoms with van der Waals surface area (Å²) in [4.78, 5) is 14.7. The van der Waals surface area contributed by atoms with Crippen molar-refractivity contribution in [3.8, 4) is 0 Å². The minimum atomic E-state index is -0.0280. The van der Waals surface area contributed by atoms with Crippen LogP contribution in [0.3, 0.4) is 0 Å². The number of benzene rings is 1. The Labute approximate surface area is 111 Å². The number of aromatic amines is 1. The number of hydrogen-bond donors (Lipinski definition) is 2. The third-order valence-electron chi connectivity index (χ3n) is 2.84. The van der Waals surface area contributed by atoms with Crippen molar-refractivity contribution in [3.63, 3.8) is 0 Å². The lowest BCUT2D eigenvalue weighted by atomic mass is 10.2. The summed E-state index contributed by atoms with van der Waals surface area (Å²) >= 11 is 1.87. The van der Waals surface area contributed by atoms with Crippen LogP contribution in [0, 0.1) is 0 Å². The monoisotopic (exact) mass is 262 g/mol. The summed E-state index contributed by atoms with van der Waals surface area (Å²) in [6, 6.07) is 9.63. The van der Waals surface area contributed by atoms with E-state index in [0.29, 0.717) is 0 Å². The predicted molar refractivity (Wildman–Crippen MR) is 80.7 cm³/mol. The molecule has 0 atom stereocenters. The molecule has 3 nitrogen and oxygen atoms in total. The molecule has 1 aromatic carbocycles. The molecule has 0 fully saturated rings. The van der Waals surface area contributed by atoms with Crippen LogP contribution in [-0.2, 0) is 0 Å². The van der Waals surface area contributed by atoms with Crippen molar-refractivity contribution in [2.24, 2.45) is 0 Å². The van der Waals surface area contributed by atoms with Gasteiger partial charge in [0.05, 0.1) is 0 Å². The van der Waals surface area contributed by atoms with Crippen LogP contribution in [0.1, 0.15) is 12.8 Å². The summed E-state index contributed by atoms with van der Waals surface area (Å²) in [5, 5.41) is 4.99. The molecule has 2 N–H and O–H groups in total. The third-order valence-corrected chi connectivity index (χ3v) is 3.54. The average molecular weight is 262 g/mol. The molecule has 4 heteroatoms. The minimum absolute atomic E-state index is 0.0280. The highest BCUT2D eigenvalue weighted by Gasteiger charge is 2.00. The van der Waals surface area contributed by atoms with E-state index in [4.69, 9.17) is 0 Å². The van der Waals surface area contributed by atoms with Crippen molar-refractivity contribution in [3.05, 3.63) is 40.7 Å². The number of nitrogens with one attached hydrogen (secondary N) is 2. The van der Waals surface area contributed by atoms with Gasteiger partial charge in [-0.25, -0.2) is 0 Å². The van der Waals surface area contributed by atoms with Gasteiger partial charge >= 0.3 is 0 Å². The fraction of sp³-hybridized carbons (Fsp3) is 0.357. The van der Waals surface area contributed by atoms with Crippen molar-refractivity contribution in [1.82, 2.24) is 4.98 Å². The van der Waals surface area contributed by atoms with Crippen LogP contribution < -0.4 is 10.9 Å². The summed E-state index contributed by atoms with van der Waals surface area (Å²) in [7, 11) is 0. The van der Waals surface area contributed by atoms with Crippen LogP contribution in [0.4, 0.5) is 5.82 Å². The van der Waals surface area contributed by atoms with Gasteiger partial charge in [-0.05, 0) is 42.4 Å². The summed E-state index contributed by atoms with van der Waals surface area (Å²) in [6.07, 6.45) is 4.44. The maximum atomic E-state index is 11.8. The van der Waals surface area contributed by atoms with E-state index in [1.54, 1.807) is 0 Å². The van der Waals surface area contributed by atoms with Crippen molar-refractivity contribution in [2.45, 2.75) is 12.8 Å². The topological polar surface area (TPSA) is 44.9 Å². The van der Waals surface area contributed by atoms with Crippen LogP contribution in [0.25, 0.3) is 10.8 Å². The van der Waals surface area contributed by atoms with Crippen molar-refractivity contribution in [2.75, 3.05) is 23.9 Å². The molecule has 0 aliphatic heterocycles. The lowest BCUT2D eigenvalue weighted by Gasteiger charge is -2.07. The van der Waals surface area contributed by atoms with Crippen molar-refractivity contribution in [1.29, 1.82) is 0 Å². The quantitative estimate of drug-likeness (QED) is 0.786. The number of anilines is 1. The number of fused-ring (bicyclic) bond motifs is 1. The molecular weight excluding hydrogens is 244 g/mol. The maximum Gasteiger partial charge on any atom is 0.257 e. The zero-order chi connectivity index (χ0) is 12.8. The summed E-state index contributed by atoms with van der Waals surface area (Å²) in [5.74, 6) is 2.00. The molecule has 0 aliphatic carbocycles. The Kier molecular flexibility index (Phi) is 4.70. The van der Waals surface area contributed by atoms with Crippen LogP contribution in [0.2, 0.25) is 0 Å². The molecule has 96 valence electrons. The molecule has 0 saturated carbocycles. The lowest BCUT2D eigenvalue weighted by molar-refractivity contribution is 0.839. The first-order valence-electron chi connectivity index (χ1n) is 6.16. The highest BCUT2D eigenvalue weighted by Crippen LogP contribution is 2.12. The molecule has 2 rings (SSSR count). The van der Waals surface area contributed by atoms with Crippen molar-refractivity contribution >= 4 is 28.4 Å². The largest absolute Gasteiger partial charge is 0.372 e. The van der Waals surface area contributed by atoms with E-state index in [1.807, 2.05) is 42.1 Å². The number of thioether (sulfide) groups is 1. The summed E-state index contributed by atoms with van der Waals surface area (Å²) in [6.45, 7) is 0.898. The number of H-pyrrole nitrogens is 1. The van der Waals surface area contributed by atoms with Crippen LogP contribution in [0.5, 0.6) is 0 Å². The smallest absolute Gasteiger partial charge is 0.257 e. The first-order chi connectivity index (χ1) is 8.81. The van der Waals surface area contributed by atoms with Gasteiger partial charge in [0.1, 0.15) is 5.82 Å². The average Bonchev–Trinajstić information content (AvgIpc) is 2.39. The number of unbranched alkanes of at least 4 members (excludes halogenated alkanes) is 1. The minimum Gasteiger partial charge on any atom is -0.372 e. The number of rotatable bonds is 6. The first-order valence-corrected chi connectivity index (χ1v) is 7.55. The van der Waals surface area contributed by atoms with Crippen LogP contribution >= 0.6 is 11.8 Å². The van der Waals surface area contributed by atoms with Gasteiger partial charge < -0.3 is 10.3 Å². The van der Waals surface area contributed by atoms with Crippen LogP contribution in [0.15, 0.2) is 35.1 Å². The van der Waals surface area contributed by atoms with Gasteiger partial charge in [0.15, 0.2) is 0 Å². The fourth-order valence-corrected chi connectivity index (χ4v) is 2.39. The van der Waals surface area contributed by atoms with E-state index < -0.39 is 0 Å². The zero-order valence-corrected chi connectivity index (χ0v) is 11.3. The second-order valence-electron chi connectivity index (χ2n) is 4.23. The normalized spacial score (nSPS) is 10.7. The third kappa shape index (κ3) is 3.29. The Bertz CT molecular complexity index is 565. The van der Waals surface area contributed by atoms with E-state index in [1.165, 1.54) is 12.2 Å². The standard InChI is InChI=1S/C14H18N2OS/c1-18-9-5-4-8-15-13-10-11-6-2-3-7-12(11)14(17)16-13/h2-3,6-7,10H,4-5,8-9H2,1H3,(H2,15,16,17). The highest BCUT2D eigenvalue weighted by molar-refractivity contribution is 7.98. The molecular formula is C14H18N2OS. The van der Waals surface area contributed by atoms with Crippen molar-refractivity contribution < 1.29 is 0 Å². The number of pyridine rings is 1. The molecule has 18 heavy (non-hydrogen) atoms. The molecule has 0 radical (unpaired) electrons. The Balaban J connectivity index is 2.03. The second-order valence-corrected chi connectivity index (χ2v) is 5.21. The molecule has 0 unspecified atom stereocenters. The Morgan fingerprint density at radius 1 is 1.28 bits per heavy atom. The van der Waals surface area contributed by atoms with Gasteiger partial charge in [-0.1, -0.05) is 18.2 Å². The number of hydrogen-bond acceptors (Lipinski definition) is 3. The molecule has 2 aromatic rings. The Hall–Kier alpha value is -1.42. The fourth-order valence-electron chi connectivity index (χ4n) is 1.90. The van der Waals surface area contributed by atoms with E-state index in [0.717, 1.165) is 29.6 Å². The van der Waals surface area contributed by atoms with E-state index in [-0.39, 0.29) is 5.56 Å². The summed E-state index contributed by atoms with van der Waals surface area (Å²) < 4.78 is 0. The first kappa shape index (κ1) is 13.0. The van der Waals surface area contributed by atoms with Gasteiger partial charge in [-0.15, -0.1) is 0 Å². The van der Waals surface area contributed by atoms with Crippen LogP contribution in [-0.4, -0.2) is 23.5 Å². The number of aromatic nitrogens is 1. The SMILES string of the molecule is CSCCCCNc1cc2ccccc2c(=O)[nH]1. The molecule has 0 aliphatic rings. The highest BCUT2D eigenvalue weighted by atomic mass is 32.2. The molecule has 0 saturated heterocycles. The second kappa shape index (κ2) is 6.50. The lowest BCUT2D eigenvalue weighted by Crippen LogP contribution is -2.11. The Morgan fingerprint density at radius 2 is 2.11 bits per heavy atom. The van der Waals surface area contributed by atoms with Gasteiger partial charge in [-0.2, -0.15) is 11.8 Å². The van der Waals surface area contributed by atoms with E-state index in [2.05, 4.69) is 16.6 Å². The maximum absolute atomic E-state index is 11.8. The van der Waals surface area contributed by atoms with Gasteiger partial charge in [0.2, 0.25) is 0 Å². The predicted octanol–water partition coefficient (Wildman–Crippen LogP) is 3.08. The van der Waals surface area contributed by atoms with Gasteiger partial charge in [0, 0.05) is 11.9 Å². The molecule has 0 bridgehead atoms. The van der Waals surface area contributed by atoms with E-state index in [9.17, 15) is 4.79 Å². The van der Waals surface area contributed by atoms with E-state index >= 15 is 0 Å². The molecule has 0 amide bonds.